The van der Waals surface area contributed by atoms with Crippen LogP contribution in [0.15, 0.2) is 0 Å². The van der Waals surface area contributed by atoms with Crippen LogP contribution in [0.1, 0.15) is 71.6 Å². The molecule has 0 aromatic rings. The quantitative estimate of drug-likeness (QED) is 0.811. The average molecular weight is 291 g/mol. The van der Waals surface area contributed by atoms with Gasteiger partial charge in [0.05, 0.1) is 6.07 Å². The number of likely N-dealkylation sites (tertiary alicyclic amines) is 1. The zero-order valence-corrected chi connectivity index (χ0v) is 14.0. The van der Waals surface area contributed by atoms with Crippen molar-refractivity contribution in [3.8, 4) is 6.07 Å². The number of hydrogen-bond donors (Lipinski definition) is 1. The van der Waals surface area contributed by atoms with Crippen LogP contribution in [0.3, 0.4) is 0 Å². The second-order valence-electron chi connectivity index (χ2n) is 7.14. The van der Waals surface area contributed by atoms with Gasteiger partial charge in [-0.3, -0.25) is 5.32 Å². The molecule has 0 radical (unpaired) electrons. The summed E-state index contributed by atoms with van der Waals surface area (Å²) in [7, 11) is 0. The Bertz CT molecular complexity index is 349. The van der Waals surface area contributed by atoms with Gasteiger partial charge in [-0.25, -0.2) is 0 Å². The Balaban J connectivity index is 1.87. The van der Waals surface area contributed by atoms with E-state index in [1.54, 1.807) is 0 Å². The normalized spacial score (nSPS) is 34.5. The minimum atomic E-state index is -0.240. The van der Waals surface area contributed by atoms with Gasteiger partial charge in [-0.1, -0.05) is 26.7 Å². The van der Waals surface area contributed by atoms with E-state index in [1.807, 2.05) is 0 Å². The zero-order chi connectivity index (χ0) is 15.1. The maximum absolute atomic E-state index is 9.60. The van der Waals surface area contributed by atoms with E-state index in [0.717, 1.165) is 31.7 Å². The SMILES string of the molecule is CCCNC1(C#N)CCC(N2CCCC(CCC)CC2)C1. The minimum Gasteiger partial charge on any atom is -0.300 e. The van der Waals surface area contributed by atoms with Crippen molar-refractivity contribution >= 4 is 0 Å². The largest absolute Gasteiger partial charge is 0.300 e. The summed E-state index contributed by atoms with van der Waals surface area (Å²) in [5, 5.41) is 13.1. The Morgan fingerprint density at radius 2 is 2.05 bits per heavy atom. The maximum Gasteiger partial charge on any atom is 0.108 e. The molecule has 3 atom stereocenters. The van der Waals surface area contributed by atoms with Gasteiger partial charge in [-0.15, -0.1) is 0 Å². The molecule has 3 unspecified atom stereocenters. The first-order valence-corrected chi connectivity index (χ1v) is 9.13. The lowest BCUT2D eigenvalue weighted by Crippen LogP contribution is -2.44. The molecule has 0 bridgehead atoms. The Labute approximate surface area is 131 Å². The standard InChI is InChI=1S/C18H33N3/c1-3-6-16-7-5-12-21(13-9-16)17-8-10-18(14-17,15-19)20-11-4-2/h16-17,20H,3-14H2,1-2H3. The summed E-state index contributed by atoms with van der Waals surface area (Å²) in [6, 6.07) is 3.22. The fourth-order valence-corrected chi connectivity index (χ4v) is 4.25. The molecule has 2 rings (SSSR count). The second kappa shape index (κ2) is 8.15. The summed E-state index contributed by atoms with van der Waals surface area (Å²) in [5.41, 5.74) is -0.240. The predicted molar refractivity (Wildman–Crippen MR) is 88.1 cm³/mol. The molecule has 0 aromatic heterocycles. The molecule has 2 aliphatic rings. The van der Waals surface area contributed by atoms with Crippen molar-refractivity contribution in [2.75, 3.05) is 19.6 Å². The third-order valence-electron chi connectivity index (χ3n) is 5.51. The summed E-state index contributed by atoms with van der Waals surface area (Å²) >= 11 is 0. The molecule has 120 valence electrons. The lowest BCUT2D eigenvalue weighted by Gasteiger charge is -2.29. The second-order valence-corrected chi connectivity index (χ2v) is 7.14. The van der Waals surface area contributed by atoms with Gasteiger partial charge in [0.1, 0.15) is 5.54 Å². The highest BCUT2D eigenvalue weighted by Crippen LogP contribution is 2.34. The summed E-state index contributed by atoms with van der Waals surface area (Å²) in [6.45, 7) is 7.96. The van der Waals surface area contributed by atoms with Crippen molar-refractivity contribution in [2.24, 2.45) is 5.92 Å². The number of hydrogen-bond acceptors (Lipinski definition) is 3. The number of nitriles is 1. The molecule has 0 aromatic carbocycles. The topological polar surface area (TPSA) is 39.1 Å². The van der Waals surface area contributed by atoms with Gasteiger partial charge in [0, 0.05) is 6.04 Å². The van der Waals surface area contributed by atoms with E-state index in [-0.39, 0.29) is 5.54 Å². The van der Waals surface area contributed by atoms with E-state index in [1.165, 1.54) is 51.6 Å². The van der Waals surface area contributed by atoms with Gasteiger partial charge in [-0.05, 0) is 70.5 Å². The Morgan fingerprint density at radius 3 is 2.76 bits per heavy atom. The molecule has 1 N–H and O–H groups in total. The van der Waals surface area contributed by atoms with Crippen molar-refractivity contribution in [3.63, 3.8) is 0 Å². The maximum atomic E-state index is 9.60. The van der Waals surface area contributed by atoms with Gasteiger partial charge < -0.3 is 4.90 Å². The average Bonchev–Trinajstić information content (AvgIpc) is 2.79. The van der Waals surface area contributed by atoms with Crippen LogP contribution in [0.2, 0.25) is 0 Å². The van der Waals surface area contributed by atoms with Crippen LogP contribution in [0, 0.1) is 17.2 Å². The van der Waals surface area contributed by atoms with Crippen LogP contribution >= 0.6 is 0 Å². The number of rotatable bonds is 6. The highest BCUT2D eigenvalue weighted by atomic mass is 15.2. The van der Waals surface area contributed by atoms with Gasteiger partial charge in [-0.2, -0.15) is 5.26 Å². The molecular weight excluding hydrogens is 258 g/mol. The molecular formula is C18H33N3. The van der Waals surface area contributed by atoms with E-state index in [9.17, 15) is 5.26 Å². The van der Waals surface area contributed by atoms with Crippen molar-refractivity contribution in [1.29, 1.82) is 5.26 Å². The summed E-state index contributed by atoms with van der Waals surface area (Å²) in [5.74, 6) is 0.945. The lowest BCUT2D eigenvalue weighted by atomic mass is 9.96. The molecule has 1 aliphatic heterocycles. The van der Waals surface area contributed by atoms with Crippen LogP contribution in [0.25, 0.3) is 0 Å². The van der Waals surface area contributed by atoms with Gasteiger partial charge in [0.2, 0.25) is 0 Å². The summed E-state index contributed by atoms with van der Waals surface area (Å²) < 4.78 is 0. The van der Waals surface area contributed by atoms with E-state index < -0.39 is 0 Å². The van der Waals surface area contributed by atoms with Crippen LogP contribution in [-0.2, 0) is 0 Å². The van der Waals surface area contributed by atoms with Crippen molar-refractivity contribution < 1.29 is 0 Å². The summed E-state index contributed by atoms with van der Waals surface area (Å²) in [6.07, 6.45) is 11.2. The third kappa shape index (κ3) is 4.44. The predicted octanol–water partition coefficient (Wildman–Crippen LogP) is 3.70. The van der Waals surface area contributed by atoms with E-state index in [4.69, 9.17) is 0 Å². The first-order chi connectivity index (χ1) is 10.2. The molecule has 1 aliphatic carbocycles. The van der Waals surface area contributed by atoms with Crippen molar-refractivity contribution in [3.05, 3.63) is 0 Å². The fraction of sp³-hybridized carbons (Fsp3) is 0.944. The van der Waals surface area contributed by atoms with Gasteiger partial charge in [0.15, 0.2) is 0 Å². The van der Waals surface area contributed by atoms with Crippen molar-refractivity contribution in [2.45, 2.75) is 83.2 Å². The van der Waals surface area contributed by atoms with Crippen LogP contribution in [0.4, 0.5) is 0 Å². The molecule has 3 heteroatoms. The zero-order valence-electron chi connectivity index (χ0n) is 14.0. The van der Waals surface area contributed by atoms with Crippen LogP contribution < -0.4 is 5.32 Å². The Hall–Kier alpha value is -0.590. The van der Waals surface area contributed by atoms with Crippen LogP contribution in [0.5, 0.6) is 0 Å². The Kier molecular flexibility index (Phi) is 6.51. The molecule has 1 heterocycles. The monoisotopic (exact) mass is 291 g/mol. The molecule has 21 heavy (non-hydrogen) atoms. The smallest absolute Gasteiger partial charge is 0.108 e. The third-order valence-corrected chi connectivity index (χ3v) is 5.51. The lowest BCUT2D eigenvalue weighted by molar-refractivity contribution is 0.196. The first kappa shape index (κ1) is 16.8. The number of nitrogens with zero attached hydrogens (tertiary/aromatic N) is 2. The highest BCUT2D eigenvalue weighted by molar-refractivity contribution is 5.13. The van der Waals surface area contributed by atoms with E-state index >= 15 is 0 Å². The number of nitrogens with one attached hydrogen (secondary N) is 1. The first-order valence-electron chi connectivity index (χ1n) is 9.13. The molecule has 1 saturated heterocycles. The minimum absolute atomic E-state index is 0.240. The van der Waals surface area contributed by atoms with Gasteiger partial charge in [0.25, 0.3) is 0 Å². The molecule has 2 fully saturated rings. The van der Waals surface area contributed by atoms with Gasteiger partial charge >= 0.3 is 0 Å². The molecule has 3 nitrogen and oxygen atoms in total. The Morgan fingerprint density at radius 1 is 1.19 bits per heavy atom. The molecule has 0 amide bonds. The highest BCUT2D eigenvalue weighted by Gasteiger charge is 2.41. The van der Waals surface area contributed by atoms with Crippen molar-refractivity contribution in [1.82, 2.24) is 10.2 Å². The van der Waals surface area contributed by atoms with E-state index in [2.05, 4.69) is 30.1 Å². The summed E-state index contributed by atoms with van der Waals surface area (Å²) in [4.78, 5) is 2.70. The van der Waals surface area contributed by atoms with Crippen LogP contribution in [-0.4, -0.2) is 36.1 Å². The fourth-order valence-electron chi connectivity index (χ4n) is 4.25. The van der Waals surface area contributed by atoms with E-state index in [0.29, 0.717) is 6.04 Å². The molecule has 1 saturated carbocycles. The molecule has 0 spiro atoms.